The highest BCUT2D eigenvalue weighted by atomic mass is 15.2. The number of piperazine rings is 1. The molecule has 1 aliphatic heterocycles. The summed E-state index contributed by atoms with van der Waals surface area (Å²) in [4.78, 5) is 2.39. The van der Waals surface area contributed by atoms with E-state index in [1.165, 1.54) is 11.3 Å². The SMILES string of the molecule is CCc1ccc(N2CC(CC#N)NC(C)(C)C2)cc1. The van der Waals surface area contributed by atoms with Gasteiger partial charge in [0.15, 0.2) is 0 Å². The Morgan fingerprint density at radius 3 is 2.63 bits per heavy atom. The summed E-state index contributed by atoms with van der Waals surface area (Å²) in [5.74, 6) is 0. The van der Waals surface area contributed by atoms with Gasteiger partial charge >= 0.3 is 0 Å². The van der Waals surface area contributed by atoms with Crippen LogP contribution in [-0.2, 0) is 6.42 Å². The second kappa shape index (κ2) is 5.63. The van der Waals surface area contributed by atoms with E-state index in [1.807, 2.05) is 0 Å². The second-order valence-electron chi connectivity index (χ2n) is 5.99. The van der Waals surface area contributed by atoms with Crippen molar-refractivity contribution in [2.24, 2.45) is 0 Å². The van der Waals surface area contributed by atoms with Gasteiger partial charge in [0.1, 0.15) is 0 Å². The van der Waals surface area contributed by atoms with E-state index in [4.69, 9.17) is 5.26 Å². The summed E-state index contributed by atoms with van der Waals surface area (Å²) >= 11 is 0. The molecule has 1 aromatic carbocycles. The molecule has 102 valence electrons. The van der Waals surface area contributed by atoms with Crippen molar-refractivity contribution < 1.29 is 0 Å². The normalized spacial score (nSPS) is 22.0. The van der Waals surface area contributed by atoms with Crippen molar-refractivity contribution in [1.82, 2.24) is 5.32 Å². The molecule has 0 radical (unpaired) electrons. The van der Waals surface area contributed by atoms with Crippen LogP contribution in [0.5, 0.6) is 0 Å². The molecule has 0 bridgehead atoms. The van der Waals surface area contributed by atoms with Crippen molar-refractivity contribution in [3.8, 4) is 6.07 Å². The number of hydrogen-bond acceptors (Lipinski definition) is 3. The fraction of sp³-hybridized carbons (Fsp3) is 0.562. The van der Waals surface area contributed by atoms with Crippen LogP contribution < -0.4 is 10.2 Å². The lowest BCUT2D eigenvalue weighted by Gasteiger charge is -2.44. The van der Waals surface area contributed by atoms with Gasteiger partial charge in [0.05, 0.1) is 12.5 Å². The fourth-order valence-electron chi connectivity index (χ4n) is 2.82. The summed E-state index contributed by atoms with van der Waals surface area (Å²) in [6, 6.07) is 11.3. The molecule has 0 amide bonds. The highest BCUT2D eigenvalue weighted by Crippen LogP contribution is 2.23. The second-order valence-corrected chi connectivity index (χ2v) is 5.99. The van der Waals surface area contributed by atoms with Crippen LogP contribution in [0, 0.1) is 11.3 Å². The first kappa shape index (κ1) is 13.9. The molecule has 3 heteroatoms. The van der Waals surface area contributed by atoms with E-state index < -0.39 is 0 Å². The summed E-state index contributed by atoms with van der Waals surface area (Å²) in [5, 5.41) is 12.5. The van der Waals surface area contributed by atoms with Crippen LogP contribution in [0.15, 0.2) is 24.3 Å². The Balaban J connectivity index is 2.15. The van der Waals surface area contributed by atoms with Crippen molar-refractivity contribution in [3.63, 3.8) is 0 Å². The Kier molecular flexibility index (Phi) is 4.11. The van der Waals surface area contributed by atoms with Crippen LogP contribution in [0.3, 0.4) is 0 Å². The summed E-state index contributed by atoms with van der Waals surface area (Å²) in [6.45, 7) is 8.45. The first-order valence-corrected chi connectivity index (χ1v) is 7.02. The molecule has 2 rings (SSSR count). The van der Waals surface area contributed by atoms with E-state index >= 15 is 0 Å². The van der Waals surface area contributed by atoms with E-state index in [0.29, 0.717) is 6.42 Å². The minimum absolute atomic E-state index is 0.0448. The molecule has 1 fully saturated rings. The lowest BCUT2D eigenvalue weighted by molar-refractivity contribution is 0.291. The van der Waals surface area contributed by atoms with E-state index in [9.17, 15) is 0 Å². The van der Waals surface area contributed by atoms with Crippen LogP contribution in [0.25, 0.3) is 0 Å². The summed E-state index contributed by atoms with van der Waals surface area (Å²) < 4.78 is 0. The highest BCUT2D eigenvalue weighted by molar-refractivity contribution is 5.49. The van der Waals surface area contributed by atoms with E-state index in [1.54, 1.807) is 0 Å². The first-order chi connectivity index (χ1) is 9.04. The van der Waals surface area contributed by atoms with Gasteiger partial charge < -0.3 is 10.2 Å². The molecule has 0 saturated carbocycles. The third kappa shape index (κ3) is 3.48. The lowest BCUT2D eigenvalue weighted by Crippen LogP contribution is -2.62. The summed E-state index contributed by atoms with van der Waals surface area (Å²) in [5.41, 5.74) is 2.67. The zero-order chi connectivity index (χ0) is 13.9. The molecule has 1 aromatic rings. The van der Waals surface area contributed by atoms with Crippen LogP contribution in [0.1, 0.15) is 32.8 Å². The molecule has 1 heterocycles. The standard InChI is InChI=1S/C16H23N3/c1-4-13-5-7-15(8-6-13)19-11-14(9-10-17)18-16(2,3)12-19/h5-8,14,18H,4,9,11-12H2,1-3H3. The molecule has 1 saturated heterocycles. The smallest absolute Gasteiger partial charge is 0.0638 e. The van der Waals surface area contributed by atoms with Gasteiger partial charge in [-0.2, -0.15) is 5.26 Å². The average molecular weight is 257 g/mol. The number of aryl methyl sites for hydroxylation is 1. The first-order valence-electron chi connectivity index (χ1n) is 7.02. The van der Waals surface area contributed by atoms with Gasteiger partial charge in [-0.1, -0.05) is 19.1 Å². The van der Waals surface area contributed by atoms with Crippen molar-refractivity contribution in [3.05, 3.63) is 29.8 Å². The maximum absolute atomic E-state index is 8.91. The lowest BCUT2D eigenvalue weighted by atomic mass is 9.96. The van der Waals surface area contributed by atoms with Crippen LogP contribution in [0.2, 0.25) is 0 Å². The zero-order valence-corrected chi connectivity index (χ0v) is 12.1. The Hall–Kier alpha value is -1.53. The number of nitrogens with zero attached hydrogens (tertiary/aromatic N) is 2. The number of anilines is 1. The monoisotopic (exact) mass is 257 g/mol. The Morgan fingerprint density at radius 1 is 1.37 bits per heavy atom. The predicted molar refractivity (Wildman–Crippen MR) is 79.3 cm³/mol. The van der Waals surface area contributed by atoms with Crippen molar-refractivity contribution in [2.45, 2.75) is 45.2 Å². The highest BCUT2D eigenvalue weighted by Gasteiger charge is 2.31. The Morgan fingerprint density at radius 2 is 2.05 bits per heavy atom. The molecule has 1 unspecified atom stereocenters. The number of nitrogens with one attached hydrogen (secondary N) is 1. The molecule has 0 spiro atoms. The molecule has 0 aliphatic carbocycles. The number of nitriles is 1. The molecular weight excluding hydrogens is 234 g/mol. The van der Waals surface area contributed by atoms with Gasteiger partial charge in [-0.05, 0) is 38.0 Å². The van der Waals surface area contributed by atoms with Crippen LogP contribution in [-0.4, -0.2) is 24.7 Å². The fourth-order valence-corrected chi connectivity index (χ4v) is 2.82. The minimum atomic E-state index is 0.0448. The summed E-state index contributed by atoms with van der Waals surface area (Å²) in [6.07, 6.45) is 1.64. The number of rotatable bonds is 3. The third-order valence-corrected chi connectivity index (χ3v) is 3.67. The van der Waals surface area contributed by atoms with Crippen molar-refractivity contribution >= 4 is 5.69 Å². The van der Waals surface area contributed by atoms with Crippen LogP contribution >= 0.6 is 0 Å². The van der Waals surface area contributed by atoms with E-state index in [2.05, 4.69) is 61.3 Å². The van der Waals surface area contributed by atoms with Gasteiger partial charge in [-0.3, -0.25) is 0 Å². The largest absolute Gasteiger partial charge is 0.368 e. The Bertz CT molecular complexity index is 456. The average Bonchev–Trinajstić information content (AvgIpc) is 2.37. The zero-order valence-electron chi connectivity index (χ0n) is 12.1. The predicted octanol–water partition coefficient (Wildman–Crippen LogP) is 2.72. The third-order valence-electron chi connectivity index (χ3n) is 3.67. The van der Waals surface area contributed by atoms with Gasteiger partial charge in [0, 0.05) is 30.4 Å². The van der Waals surface area contributed by atoms with Crippen molar-refractivity contribution in [2.75, 3.05) is 18.0 Å². The van der Waals surface area contributed by atoms with Crippen LogP contribution in [0.4, 0.5) is 5.69 Å². The van der Waals surface area contributed by atoms with E-state index in [0.717, 1.165) is 19.5 Å². The number of hydrogen-bond donors (Lipinski definition) is 1. The Labute approximate surface area is 116 Å². The molecular formula is C16H23N3. The van der Waals surface area contributed by atoms with Gasteiger partial charge in [-0.15, -0.1) is 0 Å². The van der Waals surface area contributed by atoms with E-state index in [-0.39, 0.29) is 11.6 Å². The molecule has 0 aromatic heterocycles. The van der Waals surface area contributed by atoms with Gasteiger partial charge in [0.2, 0.25) is 0 Å². The maximum Gasteiger partial charge on any atom is 0.0638 e. The van der Waals surface area contributed by atoms with Gasteiger partial charge in [0.25, 0.3) is 0 Å². The minimum Gasteiger partial charge on any atom is -0.368 e. The number of benzene rings is 1. The van der Waals surface area contributed by atoms with Crippen molar-refractivity contribution in [1.29, 1.82) is 5.26 Å². The quantitative estimate of drug-likeness (QED) is 0.905. The molecule has 3 nitrogen and oxygen atoms in total. The molecule has 1 N–H and O–H groups in total. The van der Waals surface area contributed by atoms with Gasteiger partial charge in [-0.25, -0.2) is 0 Å². The summed E-state index contributed by atoms with van der Waals surface area (Å²) in [7, 11) is 0. The maximum atomic E-state index is 8.91. The molecule has 1 atom stereocenters. The molecule has 19 heavy (non-hydrogen) atoms. The molecule has 1 aliphatic rings. The topological polar surface area (TPSA) is 39.1 Å².